The zero-order valence-electron chi connectivity index (χ0n) is 24.1. The van der Waals surface area contributed by atoms with Crippen molar-refractivity contribution in [2.45, 2.75) is 88.3 Å². The Kier molecular flexibility index (Phi) is 12.7. The summed E-state index contributed by atoms with van der Waals surface area (Å²) in [5, 5.41) is 3.16. The van der Waals surface area contributed by atoms with Crippen LogP contribution < -0.4 is 10.0 Å². The minimum absolute atomic E-state index is 0.00440. The van der Waals surface area contributed by atoms with E-state index < -0.39 is 15.9 Å². The van der Waals surface area contributed by atoms with E-state index in [1.165, 1.54) is 38.2 Å². The van der Waals surface area contributed by atoms with Gasteiger partial charge in [-0.15, -0.1) is 0 Å². The average molecular weight is 602 g/mol. The Balaban J connectivity index is 1.65. The van der Waals surface area contributed by atoms with Gasteiger partial charge in [0.15, 0.2) is 0 Å². The van der Waals surface area contributed by atoms with Crippen LogP contribution in [-0.2, 0) is 31.0 Å². The topological polar surface area (TPSA) is 113 Å². The summed E-state index contributed by atoms with van der Waals surface area (Å²) in [6.45, 7) is 4.39. The maximum atomic E-state index is 13.0. The summed E-state index contributed by atoms with van der Waals surface area (Å²) in [5.74, 6) is -0.198. The number of sulfonamides is 1. The van der Waals surface area contributed by atoms with Gasteiger partial charge in [0.1, 0.15) is 0 Å². The summed E-state index contributed by atoms with van der Waals surface area (Å²) >= 11 is 4.73. The molecular weight excluding hydrogens is 558 g/mol. The Morgan fingerprint density at radius 3 is 2.34 bits per heavy atom. The molecule has 10 heteroatoms. The third-order valence-corrected chi connectivity index (χ3v) is 9.60. The van der Waals surface area contributed by atoms with E-state index in [2.05, 4.69) is 5.32 Å². The fraction of sp³-hybridized carbons (Fsp3) is 0.516. The third-order valence-electron chi connectivity index (χ3n) is 7.50. The highest BCUT2D eigenvalue weighted by molar-refractivity contribution is 7.90. The minimum atomic E-state index is -4.02. The Hall–Kier alpha value is -2.85. The number of nitrogens with zero attached hydrogens (tertiary/aromatic N) is 1. The van der Waals surface area contributed by atoms with Crippen molar-refractivity contribution in [1.29, 1.82) is 0 Å². The zero-order valence-corrected chi connectivity index (χ0v) is 25.8. The van der Waals surface area contributed by atoms with Gasteiger partial charge in [-0.1, -0.05) is 75.1 Å². The van der Waals surface area contributed by atoms with E-state index in [0.29, 0.717) is 43.1 Å². The summed E-state index contributed by atoms with van der Waals surface area (Å²) in [4.78, 5) is 38.8. The predicted molar refractivity (Wildman–Crippen MR) is 165 cm³/mol. The smallest absolute Gasteiger partial charge is 0.264 e. The molecule has 0 radical (unpaired) electrons. The van der Waals surface area contributed by atoms with Crippen molar-refractivity contribution >= 4 is 40.4 Å². The number of thiol groups is 1. The van der Waals surface area contributed by atoms with Gasteiger partial charge in [-0.25, -0.2) is 13.1 Å². The standard InChI is InChI=1S/C31H43N3O5S2/c1-3-4-14-31(37)34(20-19-30(36)32-21-28(40)26-10-6-5-7-11-26)22-24-15-17-25(18-16-24)27-12-8-9-13-29(27)41(38,39)33-23(2)35/h8-9,12-13,15-18,26,28,40H,3-7,10-11,14,19-22H2,1-2H3,(H,32,36)(H,33,35)/t28-/m0/s1. The third kappa shape index (κ3) is 10.2. The van der Waals surface area contributed by atoms with E-state index in [0.717, 1.165) is 25.3 Å². The van der Waals surface area contributed by atoms with Crippen LogP contribution in [0.2, 0.25) is 0 Å². The molecule has 8 nitrogen and oxygen atoms in total. The number of amides is 3. The second-order valence-corrected chi connectivity index (χ2v) is 13.1. The fourth-order valence-corrected chi connectivity index (χ4v) is 6.81. The molecule has 0 spiro atoms. The van der Waals surface area contributed by atoms with Gasteiger partial charge in [0.25, 0.3) is 10.0 Å². The van der Waals surface area contributed by atoms with Crippen LogP contribution >= 0.6 is 12.6 Å². The number of nitrogens with one attached hydrogen (secondary N) is 2. The molecule has 1 atom stereocenters. The highest BCUT2D eigenvalue weighted by Crippen LogP contribution is 2.29. The van der Waals surface area contributed by atoms with E-state index in [9.17, 15) is 22.8 Å². The maximum absolute atomic E-state index is 13.0. The van der Waals surface area contributed by atoms with Gasteiger partial charge in [-0.3, -0.25) is 14.4 Å². The van der Waals surface area contributed by atoms with Crippen LogP contribution in [0.15, 0.2) is 53.4 Å². The van der Waals surface area contributed by atoms with Crippen LogP contribution in [0.3, 0.4) is 0 Å². The zero-order chi connectivity index (χ0) is 29.8. The van der Waals surface area contributed by atoms with Crippen LogP contribution in [0.1, 0.15) is 77.2 Å². The predicted octanol–water partition coefficient (Wildman–Crippen LogP) is 5.08. The lowest BCUT2D eigenvalue weighted by Crippen LogP contribution is -2.37. The molecule has 224 valence electrons. The Bertz CT molecular complexity index is 1270. The van der Waals surface area contributed by atoms with Crippen molar-refractivity contribution in [2.75, 3.05) is 13.1 Å². The SMILES string of the molecule is CCCCC(=O)N(CCC(=O)NC[C@H](S)C1CCCCC1)Cc1ccc(-c2ccccc2S(=O)(=O)NC(C)=O)cc1. The minimum Gasteiger partial charge on any atom is -0.355 e. The summed E-state index contributed by atoms with van der Waals surface area (Å²) in [7, 11) is -4.02. The number of hydrogen-bond acceptors (Lipinski definition) is 6. The van der Waals surface area contributed by atoms with Gasteiger partial charge in [0, 0.05) is 50.2 Å². The molecule has 1 aliphatic rings. The van der Waals surface area contributed by atoms with Crippen molar-refractivity contribution in [3.8, 4) is 11.1 Å². The molecule has 1 fully saturated rings. The van der Waals surface area contributed by atoms with Crippen LogP contribution in [0.25, 0.3) is 11.1 Å². The summed E-state index contributed by atoms with van der Waals surface area (Å²) in [5.41, 5.74) is 2.01. The molecule has 0 aromatic heterocycles. The highest BCUT2D eigenvalue weighted by Gasteiger charge is 2.22. The molecule has 2 aromatic carbocycles. The Morgan fingerprint density at radius 2 is 1.68 bits per heavy atom. The first-order valence-electron chi connectivity index (χ1n) is 14.5. The number of benzene rings is 2. The molecule has 3 amide bonds. The maximum Gasteiger partial charge on any atom is 0.264 e. The fourth-order valence-electron chi connectivity index (χ4n) is 5.20. The number of hydrogen-bond donors (Lipinski definition) is 3. The molecule has 2 N–H and O–H groups in total. The van der Waals surface area contributed by atoms with Gasteiger partial charge in [0.05, 0.1) is 4.90 Å². The van der Waals surface area contributed by atoms with Crippen molar-refractivity contribution in [3.05, 3.63) is 54.1 Å². The van der Waals surface area contributed by atoms with Gasteiger partial charge in [-0.05, 0) is 42.4 Å². The molecule has 0 unspecified atom stereocenters. The van der Waals surface area contributed by atoms with E-state index >= 15 is 0 Å². The summed E-state index contributed by atoms with van der Waals surface area (Å²) in [6.07, 6.45) is 8.39. The normalized spacial score (nSPS) is 14.7. The second-order valence-electron chi connectivity index (χ2n) is 10.8. The van der Waals surface area contributed by atoms with Gasteiger partial charge in [0.2, 0.25) is 17.7 Å². The van der Waals surface area contributed by atoms with Crippen molar-refractivity contribution in [1.82, 2.24) is 14.9 Å². The monoisotopic (exact) mass is 601 g/mol. The lowest BCUT2D eigenvalue weighted by molar-refractivity contribution is -0.132. The molecule has 0 heterocycles. The van der Waals surface area contributed by atoms with Crippen LogP contribution in [0, 0.1) is 5.92 Å². The molecule has 0 aliphatic heterocycles. The molecule has 2 aromatic rings. The van der Waals surface area contributed by atoms with Gasteiger partial charge < -0.3 is 10.2 Å². The molecule has 0 saturated heterocycles. The highest BCUT2D eigenvalue weighted by atomic mass is 32.2. The average Bonchev–Trinajstić information content (AvgIpc) is 2.96. The number of unbranched alkanes of at least 4 members (excludes halogenated alkanes) is 1. The molecule has 1 aliphatic carbocycles. The number of carbonyl (C=O) groups is 3. The summed E-state index contributed by atoms with van der Waals surface area (Å²) < 4.78 is 27.4. The molecule has 0 bridgehead atoms. The second kappa shape index (κ2) is 16.0. The Morgan fingerprint density at radius 1 is 1.00 bits per heavy atom. The Labute approximate surface area is 250 Å². The quantitative estimate of drug-likeness (QED) is 0.262. The van der Waals surface area contributed by atoms with Crippen LogP contribution in [-0.4, -0.2) is 49.4 Å². The van der Waals surface area contributed by atoms with Crippen LogP contribution in [0.4, 0.5) is 0 Å². The molecule has 41 heavy (non-hydrogen) atoms. The lowest BCUT2D eigenvalue weighted by atomic mass is 9.86. The molecular formula is C31H43N3O5S2. The largest absolute Gasteiger partial charge is 0.355 e. The first-order valence-corrected chi connectivity index (χ1v) is 16.5. The van der Waals surface area contributed by atoms with Crippen molar-refractivity contribution < 1.29 is 22.8 Å². The van der Waals surface area contributed by atoms with E-state index in [1.807, 2.05) is 23.8 Å². The van der Waals surface area contributed by atoms with E-state index in [4.69, 9.17) is 12.6 Å². The first kappa shape index (κ1) is 32.7. The molecule has 3 rings (SSSR count). The first-order chi connectivity index (χ1) is 19.6. The van der Waals surface area contributed by atoms with Crippen molar-refractivity contribution in [2.24, 2.45) is 5.92 Å². The lowest BCUT2D eigenvalue weighted by Gasteiger charge is -2.27. The number of carbonyl (C=O) groups excluding carboxylic acids is 3. The van der Waals surface area contributed by atoms with E-state index in [1.54, 1.807) is 35.2 Å². The van der Waals surface area contributed by atoms with Gasteiger partial charge in [-0.2, -0.15) is 12.6 Å². The van der Waals surface area contributed by atoms with Crippen LogP contribution in [0.5, 0.6) is 0 Å². The van der Waals surface area contributed by atoms with Gasteiger partial charge >= 0.3 is 0 Å². The summed E-state index contributed by atoms with van der Waals surface area (Å²) in [6, 6.07) is 13.8. The van der Waals surface area contributed by atoms with E-state index in [-0.39, 0.29) is 28.4 Å². The molecule has 1 saturated carbocycles. The number of rotatable bonds is 14. The van der Waals surface area contributed by atoms with Crippen molar-refractivity contribution in [3.63, 3.8) is 0 Å².